The SMILES string of the molecule is COc1cccc(N)c1C(=O)OCc1ccc(Br)cn1. The fourth-order valence-corrected chi connectivity index (χ4v) is 1.87. The molecule has 0 unspecified atom stereocenters. The van der Waals surface area contributed by atoms with Crippen molar-refractivity contribution in [2.24, 2.45) is 0 Å². The first-order chi connectivity index (χ1) is 9.61. The molecule has 0 atom stereocenters. The van der Waals surface area contributed by atoms with E-state index in [1.807, 2.05) is 6.07 Å². The minimum Gasteiger partial charge on any atom is -0.496 e. The van der Waals surface area contributed by atoms with Gasteiger partial charge in [-0.15, -0.1) is 0 Å². The lowest BCUT2D eigenvalue weighted by atomic mass is 10.1. The Labute approximate surface area is 124 Å². The van der Waals surface area contributed by atoms with Crippen molar-refractivity contribution < 1.29 is 14.3 Å². The third kappa shape index (κ3) is 3.27. The number of methoxy groups -OCH3 is 1. The first-order valence-electron chi connectivity index (χ1n) is 5.82. The molecule has 104 valence electrons. The second kappa shape index (κ2) is 6.38. The van der Waals surface area contributed by atoms with Gasteiger partial charge in [-0.3, -0.25) is 4.98 Å². The van der Waals surface area contributed by atoms with Crippen molar-refractivity contribution in [1.29, 1.82) is 0 Å². The summed E-state index contributed by atoms with van der Waals surface area (Å²) in [5.74, 6) is -0.150. The average Bonchev–Trinajstić information content (AvgIpc) is 2.46. The van der Waals surface area contributed by atoms with E-state index in [0.29, 0.717) is 17.1 Å². The number of pyridine rings is 1. The number of benzene rings is 1. The fourth-order valence-electron chi connectivity index (χ4n) is 1.64. The molecule has 2 N–H and O–H groups in total. The predicted octanol–water partition coefficient (Wildman–Crippen LogP) is 2.79. The summed E-state index contributed by atoms with van der Waals surface area (Å²) in [6.07, 6.45) is 1.64. The molecule has 6 heteroatoms. The molecule has 0 amide bonds. The summed E-state index contributed by atoms with van der Waals surface area (Å²) in [4.78, 5) is 16.2. The highest BCUT2D eigenvalue weighted by Gasteiger charge is 2.17. The van der Waals surface area contributed by atoms with Crippen LogP contribution in [0.2, 0.25) is 0 Å². The highest BCUT2D eigenvalue weighted by molar-refractivity contribution is 9.10. The Morgan fingerprint density at radius 2 is 2.15 bits per heavy atom. The van der Waals surface area contributed by atoms with Crippen molar-refractivity contribution in [2.45, 2.75) is 6.61 Å². The van der Waals surface area contributed by atoms with Gasteiger partial charge >= 0.3 is 5.97 Å². The summed E-state index contributed by atoms with van der Waals surface area (Å²) in [6, 6.07) is 8.58. The number of esters is 1. The lowest BCUT2D eigenvalue weighted by Crippen LogP contribution is -2.10. The molecule has 0 aliphatic heterocycles. The second-order valence-electron chi connectivity index (χ2n) is 3.97. The van der Waals surface area contributed by atoms with Gasteiger partial charge in [0.15, 0.2) is 0 Å². The quantitative estimate of drug-likeness (QED) is 0.686. The Morgan fingerprint density at radius 3 is 2.80 bits per heavy atom. The van der Waals surface area contributed by atoms with Crippen LogP contribution < -0.4 is 10.5 Å². The average molecular weight is 337 g/mol. The Balaban J connectivity index is 2.11. The van der Waals surface area contributed by atoms with E-state index in [9.17, 15) is 4.79 Å². The van der Waals surface area contributed by atoms with Crippen molar-refractivity contribution in [2.75, 3.05) is 12.8 Å². The molecule has 1 aromatic heterocycles. The zero-order chi connectivity index (χ0) is 14.5. The number of aromatic nitrogens is 1. The number of hydrogen-bond acceptors (Lipinski definition) is 5. The van der Waals surface area contributed by atoms with Gasteiger partial charge < -0.3 is 15.2 Å². The number of carbonyl (C=O) groups excluding carboxylic acids is 1. The molecule has 0 saturated heterocycles. The van der Waals surface area contributed by atoms with E-state index in [4.69, 9.17) is 15.2 Å². The van der Waals surface area contributed by atoms with E-state index in [-0.39, 0.29) is 12.2 Å². The largest absolute Gasteiger partial charge is 0.496 e. The van der Waals surface area contributed by atoms with Gasteiger partial charge in [0.1, 0.15) is 17.9 Å². The normalized spacial score (nSPS) is 10.1. The summed E-state index contributed by atoms with van der Waals surface area (Å²) in [5, 5.41) is 0. The molecule has 0 radical (unpaired) electrons. The van der Waals surface area contributed by atoms with Gasteiger partial charge in [0.25, 0.3) is 0 Å². The van der Waals surface area contributed by atoms with Crippen LogP contribution >= 0.6 is 15.9 Å². The van der Waals surface area contributed by atoms with E-state index >= 15 is 0 Å². The number of nitrogens with zero attached hydrogens (tertiary/aromatic N) is 1. The first kappa shape index (κ1) is 14.3. The van der Waals surface area contributed by atoms with Crippen molar-refractivity contribution in [1.82, 2.24) is 4.98 Å². The Morgan fingerprint density at radius 1 is 1.35 bits per heavy atom. The van der Waals surface area contributed by atoms with Gasteiger partial charge in [-0.25, -0.2) is 4.79 Å². The lowest BCUT2D eigenvalue weighted by molar-refractivity contribution is 0.0465. The van der Waals surface area contributed by atoms with Crippen LogP contribution in [0.1, 0.15) is 16.1 Å². The van der Waals surface area contributed by atoms with Crippen LogP contribution in [-0.2, 0) is 11.3 Å². The minimum atomic E-state index is -0.537. The number of ether oxygens (including phenoxy) is 2. The summed E-state index contributed by atoms with van der Waals surface area (Å²) in [7, 11) is 1.47. The maximum absolute atomic E-state index is 12.1. The summed E-state index contributed by atoms with van der Waals surface area (Å²) < 4.78 is 11.2. The van der Waals surface area contributed by atoms with Gasteiger partial charge in [0.2, 0.25) is 0 Å². The number of rotatable bonds is 4. The van der Waals surface area contributed by atoms with Gasteiger partial charge in [0, 0.05) is 16.4 Å². The van der Waals surface area contributed by atoms with Crippen molar-refractivity contribution in [3.63, 3.8) is 0 Å². The molecule has 0 aliphatic carbocycles. The maximum Gasteiger partial charge on any atom is 0.344 e. The first-order valence-corrected chi connectivity index (χ1v) is 6.61. The van der Waals surface area contributed by atoms with E-state index in [0.717, 1.165) is 4.47 Å². The summed E-state index contributed by atoms with van der Waals surface area (Å²) >= 11 is 3.29. The van der Waals surface area contributed by atoms with Crippen LogP contribution in [0.3, 0.4) is 0 Å². The maximum atomic E-state index is 12.1. The van der Waals surface area contributed by atoms with Gasteiger partial charge in [-0.2, -0.15) is 0 Å². The molecule has 2 rings (SSSR count). The number of carbonyl (C=O) groups is 1. The van der Waals surface area contributed by atoms with Crippen LogP contribution in [0.25, 0.3) is 0 Å². The Kier molecular flexibility index (Phi) is 4.57. The molecule has 5 nitrogen and oxygen atoms in total. The predicted molar refractivity (Wildman–Crippen MR) is 78.5 cm³/mol. The van der Waals surface area contributed by atoms with Crippen LogP contribution in [0.5, 0.6) is 5.75 Å². The number of anilines is 1. The van der Waals surface area contributed by atoms with Gasteiger partial charge in [0.05, 0.1) is 12.8 Å². The molecule has 1 aromatic carbocycles. The van der Waals surface area contributed by atoms with Crippen LogP contribution in [-0.4, -0.2) is 18.1 Å². The van der Waals surface area contributed by atoms with Crippen molar-refractivity contribution in [3.8, 4) is 5.75 Å². The topological polar surface area (TPSA) is 74.4 Å². The molecule has 0 bridgehead atoms. The van der Waals surface area contributed by atoms with Gasteiger partial charge in [-0.1, -0.05) is 6.07 Å². The molecule has 0 saturated carbocycles. The zero-order valence-electron chi connectivity index (χ0n) is 10.8. The third-order valence-corrected chi connectivity index (χ3v) is 3.09. The van der Waals surface area contributed by atoms with Crippen LogP contribution in [0, 0.1) is 0 Å². The molecule has 20 heavy (non-hydrogen) atoms. The second-order valence-corrected chi connectivity index (χ2v) is 4.88. The summed E-state index contributed by atoms with van der Waals surface area (Å²) in [6.45, 7) is 0.0730. The highest BCUT2D eigenvalue weighted by atomic mass is 79.9. The lowest BCUT2D eigenvalue weighted by Gasteiger charge is -2.10. The molecular formula is C14H13BrN2O3. The number of nitrogen functional groups attached to an aromatic ring is 1. The molecular weight excluding hydrogens is 324 g/mol. The molecule has 0 spiro atoms. The molecule has 0 aliphatic rings. The van der Waals surface area contributed by atoms with Crippen LogP contribution in [0.15, 0.2) is 41.0 Å². The molecule has 0 fully saturated rings. The monoisotopic (exact) mass is 336 g/mol. The third-order valence-electron chi connectivity index (χ3n) is 2.62. The Hall–Kier alpha value is -2.08. The number of nitrogens with two attached hydrogens (primary N) is 1. The standard InChI is InChI=1S/C14H13BrN2O3/c1-19-12-4-2-3-11(16)13(12)14(18)20-8-10-6-5-9(15)7-17-10/h2-7H,8,16H2,1H3. The van der Waals surface area contributed by atoms with Crippen molar-refractivity contribution in [3.05, 3.63) is 52.3 Å². The van der Waals surface area contributed by atoms with Crippen molar-refractivity contribution >= 4 is 27.6 Å². The number of halogens is 1. The summed E-state index contributed by atoms with van der Waals surface area (Å²) in [5.41, 5.74) is 6.98. The zero-order valence-corrected chi connectivity index (χ0v) is 12.4. The van der Waals surface area contributed by atoms with Gasteiger partial charge in [-0.05, 0) is 40.2 Å². The van der Waals surface area contributed by atoms with E-state index in [2.05, 4.69) is 20.9 Å². The highest BCUT2D eigenvalue weighted by Crippen LogP contribution is 2.25. The molecule has 2 aromatic rings. The van der Waals surface area contributed by atoms with E-state index in [1.54, 1.807) is 30.5 Å². The molecule has 1 heterocycles. The minimum absolute atomic E-state index is 0.0730. The van der Waals surface area contributed by atoms with E-state index in [1.165, 1.54) is 7.11 Å². The number of hydrogen-bond donors (Lipinski definition) is 1. The van der Waals surface area contributed by atoms with E-state index < -0.39 is 5.97 Å². The fraction of sp³-hybridized carbons (Fsp3) is 0.143. The Bertz CT molecular complexity index is 614. The van der Waals surface area contributed by atoms with Crippen LogP contribution in [0.4, 0.5) is 5.69 Å². The smallest absolute Gasteiger partial charge is 0.344 e.